The van der Waals surface area contributed by atoms with Crippen molar-refractivity contribution < 1.29 is 9.50 Å². The van der Waals surface area contributed by atoms with E-state index in [0.717, 1.165) is 6.42 Å². The SMILES string of the molecule is C=CCC[C@@H](N)c1cc(F)cc(C)c1O.Cl. The Morgan fingerprint density at radius 1 is 1.56 bits per heavy atom. The molecule has 0 unspecified atom stereocenters. The van der Waals surface area contributed by atoms with Gasteiger partial charge < -0.3 is 10.8 Å². The van der Waals surface area contributed by atoms with Gasteiger partial charge >= 0.3 is 0 Å². The normalized spacial score (nSPS) is 11.7. The lowest BCUT2D eigenvalue weighted by Crippen LogP contribution is -2.10. The minimum atomic E-state index is -0.366. The average Bonchev–Trinajstić information content (AvgIpc) is 2.19. The van der Waals surface area contributed by atoms with E-state index >= 15 is 0 Å². The minimum Gasteiger partial charge on any atom is -0.507 e. The van der Waals surface area contributed by atoms with Crippen molar-refractivity contribution in [2.75, 3.05) is 0 Å². The van der Waals surface area contributed by atoms with Crippen LogP contribution < -0.4 is 5.73 Å². The van der Waals surface area contributed by atoms with E-state index in [4.69, 9.17) is 5.73 Å². The van der Waals surface area contributed by atoms with Crippen molar-refractivity contribution in [2.45, 2.75) is 25.8 Å². The molecular formula is C12H17ClFNO. The van der Waals surface area contributed by atoms with Crippen LogP contribution in [0.25, 0.3) is 0 Å². The Labute approximate surface area is 101 Å². The number of nitrogens with two attached hydrogens (primary N) is 1. The summed E-state index contributed by atoms with van der Waals surface area (Å²) >= 11 is 0. The first-order valence-corrected chi connectivity index (χ1v) is 4.91. The van der Waals surface area contributed by atoms with Crippen LogP contribution in [0.15, 0.2) is 24.8 Å². The summed E-state index contributed by atoms with van der Waals surface area (Å²) in [5, 5.41) is 9.72. The summed E-state index contributed by atoms with van der Waals surface area (Å²) < 4.78 is 13.1. The second-order valence-corrected chi connectivity index (χ2v) is 3.63. The van der Waals surface area contributed by atoms with Gasteiger partial charge in [0.1, 0.15) is 11.6 Å². The Kier molecular flexibility index (Phi) is 6.08. The lowest BCUT2D eigenvalue weighted by Gasteiger charge is -2.14. The molecular weight excluding hydrogens is 229 g/mol. The van der Waals surface area contributed by atoms with Crippen molar-refractivity contribution in [2.24, 2.45) is 5.73 Å². The molecule has 0 aliphatic carbocycles. The molecule has 0 amide bonds. The highest BCUT2D eigenvalue weighted by molar-refractivity contribution is 5.85. The third-order valence-corrected chi connectivity index (χ3v) is 2.38. The monoisotopic (exact) mass is 245 g/mol. The number of hydrogen-bond donors (Lipinski definition) is 2. The Hall–Kier alpha value is -1.06. The summed E-state index contributed by atoms with van der Waals surface area (Å²) in [5.41, 5.74) is 6.83. The number of halogens is 2. The molecule has 0 aromatic heterocycles. The molecule has 4 heteroatoms. The fraction of sp³-hybridized carbons (Fsp3) is 0.333. The Morgan fingerprint density at radius 3 is 2.75 bits per heavy atom. The number of allylic oxidation sites excluding steroid dienone is 1. The topological polar surface area (TPSA) is 46.2 Å². The van der Waals surface area contributed by atoms with Crippen LogP contribution in [-0.4, -0.2) is 5.11 Å². The molecule has 0 heterocycles. The van der Waals surface area contributed by atoms with Crippen molar-refractivity contribution in [3.05, 3.63) is 41.7 Å². The van der Waals surface area contributed by atoms with E-state index in [1.165, 1.54) is 12.1 Å². The molecule has 90 valence electrons. The van der Waals surface area contributed by atoms with Gasteiger partial charge in [-0.05, 0) is 37.5 Å². The van der Waals surface area contributed by atoms with E-state index in [1.807, 2.05) is 0 Å². The van der Waals surface area contributed by atoms with Gasteiger partial charge in [-0.15, -0.1) is 19.0 Å². The van der Waals surface area contributed by atoms with Gasteiger partial charge in [-0.1, -0.05) is 6.08 Å². The van der Waals surface area contributed by atoms with Crippen LogP contribution in [0.5, 0.6) is 5.75 Å². The first-order chi connectivity index (χ1) is 7.06. The zero-order valence-corrected chi connectivity index (χ0v) is 10.1. The van der Waals surface area contributed by atoms with Gasteiger partial charge in [-0.25, -0.2) is 4.39 Å². The van der Waals surface area contributed by atoms with E-state index in [0.29, 0.717) is 17.5 Å². The van der Waals surface area contributed by atoms with E-state index < -0.39 is 0 Å². The zero-order valence-electron chi connectivity index (χ0n) is 9.24. The van der Waals surface area contributed by atoms with Gasteiger partial charge in [0, 0.05) is 11.6 Å². The Morgan fingerprint density at radius 2 is 2.19 bits per heavy atom. The third-order valence-electron chi connectivity index (χ3n) is 2.38. The number of benzene rings is 1. The molecule has 0 radical (unpaired) electrons. The second kappa shape index (κ2) is 6.51. The molecule has 2 nitrogen and oxygen atoms in total. The summed E-state index contributed by atoms with van der Waals surface area (Å²) in [6.07, 6.45) is 3.15. The molecule has 0 spiro atoms. The summed E-state index contributed by atoms with van der Waals surface area (Å²) in [4.78, 5) is 0. The van der Waals surface area contributed by atoms with Crippen molar-refractivity contribution in [3.8, 4) is 5.75 Å². The van der Waals surface area contributed by atoms with Crippen LogP contribution in [0, 0.1) is 12.7 Å². The van der Waals surface area contributed by atoms with Crippen LogP contribution in [0.4, 0.5) is 4.39 Å². The number of aryl methyl sites for hydroxylation is 1. The van der Waals surface area contributed by atoms with Crippen molar-refractivity contribution >= 4 is 12.4 Å². The molecule has 1 aromatic carbocycles. The van der Waals surface area contributed by atoms with Gasteiger partial charge in [0.2, 0.25) is 0 Å². The van der Waals surface area contributed by atoms with Crippen LogP contribution in [0.3, 0.4) is 0 Å². The van der Waals surface area contributed by atoms with Gasteiger partial charge in [-0.2, -0.15) is 0 Å². The highest BCUT2D eigenvalue weighted by Gasteiger charge is 2.13. The molecule has 0 saturated heterocycles. The maximum Gasteiger partial charge on any atom is 0.124 e. The second-order valence-electron chi connectivity index (χ2n) is 3.63. The van der Waals surface area contributed by atoms with Crippen molar-refractivity contribution in [1.82, 2.24) is 0 Å². The smallest absolute Gasteiger partial charge is 0.124 e. The van der Waals surface area contributed by atoms with Crippen LogP contribution in [-0.2, 0) is 0 Å². The molecule has 1 rings (SSSR count). The Bertz CT molecular complexity index is 368. The van der Waals surface area contributed by atoms with Crippen molar-refractivity contribution in [1.29, 1.82) is 0 Å². The molecule has 0 saturated carbocycles. The first kappa shape index (κ1) is 14.9. The predicted octanol–water partition coefficient (Wildman–Crippen LogP) is 3.23. The van der Waals surface area contributed by atoms with Gasteiger partial charge in [0.05, 0.1) is 0 Å². The lowest BCUT2D eigenvalue weighted by atomic mass is 9.99. The number of phenols is 1. The maximum absolute atomic E-state index is 13.1. The summed E-state index contributed by atoms with van der Waals surface area (Å²) in [7, 11) is 0. The lowest BCUT2D eigenvalue weighted by molar-refractivity contribution is 0.451. The van der Waals surface area contributed by atoms with E-state index in [9.17, 15) is 9.50 Å². The zero-order chi connectivity index (χ0) is 11.4. The fourth-order valence-corrected chi connectivity index (χ4v) is 1.50. The molecule has 16 heavy (non-hydrogen) atoms. The minimum absolute atomic E-state index is 0. The highest BCUT2D eigenvalue weighted by atomic mass is 35.5. The van der Waals surface area contributed by atoms with Gasteiger partial charge in [-0.3, -0.25) is 0 Å². The predicted molar refractivity (Wildman–Crippen MR) is 66.4 cm³/mol. The van der Waals surface area contributed by atoms with Crippen LogP contribution in [0.1, 0.15) is 30.0 Å². The van der Waals surface area contributed by atoms with Crippen LogP contribution in [0.2, 0.25) is 0 Å². The number of aromatic hydroxyl groups is 1. The van der Waals surface area contributed by atoms with E-state index in [2.05, 4.69) is 6.58 Å². The van der Waals surface area contributed by atoms with Gasteiger partial charge in [0.15, 0.2) is 0 Å². The number of rotatable bonds is 4. The molecule has 0 bridgehead atoms. The number of phenolic OH excluding ortho intramolecular Hbond substituents is 1. The quantitative estimate of drug-likeness (QED) is 0.800. The molecule has 0 aliphatic rings. The van der Waals surface area contributed by atoms with Crippen molar-refractivity contribution in [3.63, 3.8) is 0 Å². The van der Waals surface area contributed by atoms with Gasteiger partial charge in [0.25, 0.3) is 0 Å². The third kappa shape index (κ3) is 3.51. The highest BCUT2D eigenvalue weighted by Crippen LogP contribution is 2.29. The van der Waals surface area contributed by atoms with Crippen LogP contribution >= 0.6 is 12.4 Å². The first-order valence-electron chi connectivity index (χ1n) is 4.91. The molecule has 3 N–H and O–H groups in total. The number of hydrogen-bond acceptors (Lipinski definition) is 2. The van der Waals surface area contributed by atoms with E-state index in [1.54, 1.807) is 13.0 Å². The maximum atomic E-state index is 13.1. The van der Waals surface area contributed by atoms with E-state index in [-0.39, 0.29) is 30.0 Å². The summed E-state index contributed by atoms with van der Waals surface area (Å²) in [6, 6.07) is 2.23. The molecule has 0 fully saturated rings. The molecule has 1 atom stereocenters. The Balaban J connectivity index is 0.00000225. The largest absolute Gasteiger partial charge is 0.507 e. The molecule has 0 aliphatic heterocycles. The summed E-state index contributed by atoms with van der Waals surface area (Å²) in [5.74, 6) is -0.276. The summed E-state index contributed by atoms with van der Waals surface area (Å²) in [6.45, 7) is 5.25. The molecule has 1 aromatic rings. The average molecular weight is 246 g/mol. The standard InChI is InChI=1S/C12H16FNO.ClH/c1-3-4-5-11(14)10-7-9(13)6-8(2)12(10)15;/h3,6-7,11,15H,1,4-5,14H2,2H3;1H/t11-;/m1./s1. The fourth-order valence-electron chi connectivity index (χ4n) is 1.50.